The van der Waals surface area contributed by atoms with Crippen molar-refractivity contribution in [2.75, 3.05) is 24.3 Å². The number of benzene rings is 1. The molecular weight excluding hydrogens is 400 g/mol. The number of carbonyl (C=O) groups excluding carboxylic acids is 1. The maximum absolute atomic E-state index is 12.9. The van der Waals surface area contributed by atoms with Crippen molar-refractivity contribution in [2.24, 2.45) is 7.05 Å². The van der Waals surface area contributed by atoms with Crippen molar-refractivity contribution in [3.8, 4) is 0 Å². The summed E-state index contributed by atoms with van der Waals surface area (Å²) in [5.74, 6) is 0.316. The molecule has 3 aromatic heterocycles. The minimum Gasteiger partial charge on any atom is -0.378 e. The molecule has 154 valence electrons. The predicted molar refractivity (Wildman–Crippen MR) is 120 cm³/mol. The Morgan fingerprint density at radius 2 is 1.93 bits per heavy atom. The number of carbonyl (C=O) groups is 1. The maximum atomic E-state index is 12.9. The van der Waals surface area contributed by atoms with Crippen molar-refractivity contribution in [3.05, 3.63) is 69.2 Å². The summed E-state index contributed by atoms with van der Waals surface area (Å²) in [6.45, 7) is 2.31. The Kier molecular flexibility index (Phi) is 5.13. The minimum absolute atomic E-state index is 0.154. The fourth-order valence-corrected chi connectivity index (χ4v) is 4.27. The quantitative estimate of drug-likeness (QED) is 0.535. The number of rotatable bonds is 5. The Labute approximate surface area is 177 Å². The molecule has 0 aliphatic heterocycles. The Balaban J connectivity index is 1.57. The number of hydrogen-bond acceptors (Lipinski definition) is 6. The van der Waals surface area contributed by atoms with Gasteiger partial charge in [0, 0.05) is 32.9 Å². The highest BCUT2D eigenvalue weighted by atomic mass is 32.1. The van der Waals surface area contributed by atoms with Crippen molar-refractivity contribution >= 4 is 39.0 Å². The number of fused-ring (bicyclic) bond motifs is 1. The van der Waals surface area contributed by atoms with E-state index in [-0.39, 0.29) is 11.5 Å². The number of aryl methyl sites for hydroxylation is 2. The lowest BCUT2D eigenvalue weighted by molar-refractivity contribution is 0.102. The van der Waals surface area contributed by atoms with Crippen molar-refractivity contribution in [1.82, 2.24) is 19.3 Å². The van der Waals surface area contributed by atoms with Gasteiger partial charge in [-0.2, -0.15) is 5.10 Å². The lowest BCUT2D eigenvalue weighted by Crippen LogP contribution is -2.18. The first-order chi connectivity index (χ1) is 14.3. The summed E-state index contributed by atoms with van der Waals surface area (Å²) in [5.41, 5.74) is 2.68. The van der Waals surface area contributed by atoms with Gasteiger partial charge in [0.25, 0.3) is 11.5 Å². The number of thiophene rings is 1. The lowest BCUT2D eigenvalue weighted by atomic mass is 10.2. The summed E-state index contributed by atoms with van der Waals surface area (Å²) >= 11 is 1.22. The van der Waals surface area contributed by atoms with Gasteiger partial charge in [0.2, 0.25) is 0 Å². The summed E-state index contributed by atoms with van der Waals surface area (Å²) in [6.07, 6.45) is 3.12. The second-order valence-electron chi connectivity index (χ2n) is 7.29. The van der Waals surface area contributed by atoms with Crippen LogP contribution in [0.4, 0.5) is 11.5 Å². The van der Waals surface area contributed by atoms with Gasteiger partial charge in [-0.1, -0.05) is 12.1 Å². The third-order valence-electron chi connectivity index (χ3n) is 4.96. The monoisotopic (exact) mass is 422 g/mol. The minimum atomic E-state index is -0.276. The number of hydrogen-bond donors (Lipinski definition) is 1. The van der Waals surface area contributed by atoms with Crippen molar-refractivity contribution < 1.29 is 4.79 Å². The van der Waals surface area contributed by atoms with Gasteiger partial charge in [-0.25, -0.2) is 9.67 Å². The van der Waals surface area contributed by atoms with Crippen molar-refractivity contribution in [1.29, 1.82) is 0 Å². The largest absolute Gasteiger partial charge is 0.378 e. The topological polar surface area (TPSA) is 85.1 Å². The summed E-state index contributed by atoms with van der Waals surface area (Å²) in [5, 5.41) is 7.75. The molecule has 8 nitrogen and oxygen atoms in total. The van der Waals surface area contributed by atoms with Crippen LogP contribution in [0, 0.1) is 6.92 Å². The fourth-order valence-electron chi connectivity index (χ4n) is 3.24. The van der Waals surface area contributed by atoms with Gasteiger partial charge in [-0.3, -0.25) is 9.59 Å². The van der Waals surface area contributed by atoms with Crippen molar-refractivity contribution in [2.45, 2.75) is 13.5 Å². The van der Waals surface area contributed by atoms with Crippen LogP contribution in [0.2, 0.25) is 0 Å². The van der Waals surface area contributed by atoms with Crippen LogP contribution in [0.3, 0.4) is 0 Å². The molecule has 4 aromatic rings. The van der Waals surface area contributed by atoms with E-state index in [0.717, 1.165) is 11.3 Å². The molecule has 0 fully saturated rings. The summed E-state index contributed by atoms with van der Waals surface area (Å²) in [7, 11) is 5.64. The van der Waals surface area contributed by atoms with E-state index < -0.39 is 0 Å². The van der Waals surface area contributed by atoms with Gasteiger partial charge < -0.3 is 14.8 Å². The Morgan fingerprint density at radius 1 is 1.20 bits per heavy atom. The number of nitrogens with zero attached hydrogens (tertiary/aromatic N) is 5. The second-order valence-corrected chi connectivity index (χ2v) is 8.29. The third kappa shape index (κ3) is 3.59. The third-order valence-corrected chi connectivity index (χ3v) is 6.16. The molecule has 1 amide bonds. The van der Waals surface area contributed by atoms with Gasteiger partial charge in [-0.05, 0) is 30.2 Å². The fraction of sp³-hybridized carbons (Fsp3) is 0.238. The molecule has 3 heterocycles. The molecule has 1 aromatic carbocycles. The Hall–Kier alpha value is -3.46. The molecule has 1 N–H and O–H groups in total. The van der Waals surface area contributed by atoms with E-state index >= 15 is 0 Å². The molecule has 0 spiro atoms. The van der Waals surface area contributed by atoms with Crippen LogP contribution in [0.15, 0.2) is 47.7 Å². The molecule has 0 radical (unpaired) electrons. The molecule has 0 unspecified atom stereocenters. The average molecular weight is 423 g/mol. The van der Waals surface area contributed by atoms with E-state index in [4.69, 9.17) is 0 Å². The molecule has 0 aliphatic rings. The molecule has 0 atom stereocenters. The Bertz CT molecular complexity index is 1280. The number of amides is 1. The lowest BCUT2D eigenvalue weighted by Gasteiger charge is -2.13. The maximum Gasteiger partial charge on any atom is 0.267 e. The van der Waals surface area contributed by atoms with E-state index in [1.54, 1.807) is 30.9 Å². The number of anilines is 2. The number of nitrogens with one attached hydrogen (secondary N) is 1. The van der Waals surface area contributed by atoms with Crippen molar-refractivity contribution in [3.63, 3.8) is 0 Å². The summed E-state index contributed by atoms with van der Waals surface area (Å²) in [4.78, 5) is 32.7. The highest BCUT2D eigenvalue weighted by Gasteiger charge is 2.20. The number of aromatic nitrogens is 4. The zero-order valence-electron chi connectivity index (χ0n) is 17.2. The first kappa shape index (κ1) is 19.8. The molecule has 0 bridgehead atoms. The summed E-state index contributed by atoms with van der Waals surface area (Å²) < 4.78 is 3.16. The zero-order valence-corrected chi connectivity index (χ0v) is 18.0. The average Bonchev–Trinajstić information content (AvgIpc) is 3.29. The van der Waals surface area contributed by atoms with Crippen LogP contribution in [0.25, 0.3) is 10.2 Å². The first-order valence-corrected chi connectivity index (χ1v) is 10.2. The van der Waals surface area contributed by atoms with E-state index in [1.807, 2.05) is 43.3 Å². The van der Waals surface area contributed by atoms with Gasteiger partial charge in [0.15, 0.2) is 0 Å². The van der Waals surface area contributed by atoms with E-state index in [1.165, 1.54) is 22.2 Å². The Morgan fingerprint density at radius 3 is 2.63 bits per heavy atom. The van der Waals surface area contributed by atoms with Crippen LogP contribution < -0.4 is 15.8 Å². The smallest absolute Gasteiger partial charge is 0.267 e. The predicted octanol–water partition coefficient (Wildman–Crippen LogP) is 2.87. The van der Waals surface area contributed by atoms with E-state index in [2.05, 4.69) is 15.4 Å². The van der Waals surface area contributed by atoms with Gasteiger partial charge in [-0.15, -0.1) is 11.3 Å². The second kappa shape index (κ2) is 7.75. The molecule has 0 saturated heterocycles. The van der Waals surface area contributed by atoms with Gasteiger partial charge in [0.1, 0.15) is 10.6 Å². The summed E-state index contributed by atoms with van der Waals surface area (Å²) in [6, 6.07) is 9.93. The molecule has 4 rings (SSSR count). The van der Waals surface area contributed by atoms with Gasteiger partial charge >= 0.3 is 0 Å². The SMILES string of the molecule is Cc1c(C(=O)Nc2ccnn2Cc2ccc(N(C)C)cc2)sc2ncn(C)c(=O)c12. The highest BCUT2D eigenvalue weighted by molar-refractivity contribution is 7.20. The van der Waals surface area contributed by atoms with Crippen LogP contribution in [0.1, 0.15) is 20.8 Å². The van der Waals surface area contributed by atoms with Crippen LogP contribution in [0.5, 0.6) is 0 Å². The van der Waals surface area contributed by atoms with Crippen LogP contribution >= 0.6 is 11.3 Å². The van der Waals surface area contributed by atoms with Crippen LogP contribution in [-0.2, 0) is 13.6 Å². The molecule has 9 heteroatoms. The normalized spacial score (nSPS) is 11.1. The first-order valence-electron chi connectivity index (χ1n) is 9.39. The zero-order chi connectivity index (χ0) is 21.4. The van der Waals surface area contributed by atoms with E-state index in [9.17, 15) is 9.59 Å². The van der Waals surface area contributed by atoms with Gasteiger partial charge in [0.05, 0.1) is 29.3 Å². The molecule has 30 heavy (non-hydrogen) atoms. The molecule has 0 saturated carbocycles. The standard InChI is InChI=1S/C21H22N6O2S/c1-13-17-20(22-12-26(4)21(17)29)30-18(13)19(28)24-16-9-10-23-27(16)11-14-5-7-15(8-6-14)25(2)3/h5-10,12H,11H2,1-4H3,(H,24,28). The molecular formula is C21H22N6O2S. The highest BCUT2D eigenvalue weighted by Crippen LogP contribution is 2.27. The van der Waals surface area contributed by atoms with Crippen LogP contribution in [-0.4, -0.2) is 39.3 Å². The van der Waals surface area contributed by atoms with E-state index in [0.29, 0.717) is 33.0 Å². The molecule has 0 aliphatic carbocycles.